The second-order valence-electron chi connectivity index (χ2n) is 4.21. The third kappa shape index (κ3) is 3.12. The summed E-state index contributed by atoms with van der Waals surface area (Å²) in [5.41, 5.74) is 0. The molecule has 0 radical (unpaired) electrons. The Morgan fingerprint density at radius 1 is 1.26 bits per heavy atom. The third-order valence-corrected chi connectivity index (χ3v) is 4.58. The van der Waals surface area contributed by atoms with E-state index in [0.717, 1.165) is 34.5 Å². The van der Waals surface area contributed by atoms with Crippen LogP contribution in [0.1, 0.15) is 15.6 Å². The molecule has 5 heteroatoms. The molecule has 0 aliphatic rings. The predicted octanol–water partition coefficient (Wildman–Crippen LogP) is 4.06. The number of aryl methyl sites for hydroxylation is 1. The molecular formula is C14H14N2OS2. The van der Waals surface area contributed by atoms with Crippen LogP contribution in [0.15, 0.2) is 40.3 Å². The van der Waals surface area contributed by atoms with Crippen LogP contribution in [-0.4, -0.2) is 4.98 Å². The fraction of sp³-hybridized carbons (Fsp3) is 0.214. The van der Waals surface area contributed by atoms with Gasteiger partial charge < -0.3 is 9.73 Å². The SMILES string of the molecule is Cc1ccc(-c2cnc(CNCc3cccs3)s2)o1. The van der Waals surface area contributed by atoms with E-state index in [4.69, 9.17) is 4.42 Å². The highest BCUT2D eigenvalue weighted by molar-refractivity contribution is 7.15. The van der Waals surface area contributed by atoms with E-state index in [1.54, 1.807) is 22.7 Å². The second-order valence-corrected chi connectivity index (χ2v) is 6.36. The minimum atomic E-state index is 0.794. The van der Waals surface area contributed by atoms with Gasteiger partial charge in [0.05, 0.1) is 4.88 Å². The molecule has 3 aromatic rings. The van der Waals surface area contributed by atoms with E-state index < -0.39 is 0 Å². The van der Waals surface area contributed by atoms with Gasteiger partial charge in [-0.1, -0.05) is 6.07 Å². The molecule has 3 rings (SSSR count). The monoisotopic (exact) mass is 290 g/mol. The van der Waals surface area contributed by atoms with Gasteiger partial charge in [-0.15, -0.1) is 22.7 Å². The van der Waals surface area contributed by atoms with Crippen LogP contribution < -0.4 is 5.32 Å². The molecule has 0 saturated carbocycles. The highest BCUT2D eigenvalue weighted by atomic mass is 32.1. The molecule has 3 heterocycles. The molecule has 0 aromatic carbocycles. The maximum absolute atomic E-state index is 5.60. The largest absolute Gasteiger partial charge is 0.460 e. The molecule has 19 heavy (non-hydrogen) atoms. The summed E-state index contributed by atoms with van der Waals surface area (Å²) in [4.78, 5) is 6.85. The zero-order valence-corrected chi connectivity index (χ0v) is 12.2. The summed E-state index contributed by atoms with van der Waals surface area (Å²) in [5.74, 6) is 1.83. The molecular weight excluding hydrogens is 276 g/mol. The van der Waals surface area contributed by atoms with Crippen molar-refractivity contribution < 1.29 is 4.42 Å². The van der Waals surface area contributed by atoms with E-state index in [0.29, 0.717) is 0 Å². The van der Waals surface area contributed by atoms with Gasteiger partial charge in [0, 0.05) is 24.2 Å². The van der Waals surface area contributed by atoms with Gasteiger partial charge in [-0.2, -0.15) is 0 Å². The normalized spacial score (nSPS) is 11.0. The molecule has 0 unspecified atom stereocenters. The number of hydrogen-bond acceptors (Lipinski definition) is 5. The molecule has 0 atom stereocenters. The van der Waals surface area contributed by atoms with Gasteiger partial charge in [0.25, 0.3) is 0 Å². The Kier molecular flexibility index (Phi) is 3.77. The summed E-state index contributed by atoms with van der Waals surface area (Å²) in [7, 11) is 0. The molecule has 0 amide bonds. The highest BCUT2D eigenvalue weighted by Gasteiger charge is 2.07. The molecule has 0 spiro atoms. The molecule has 0 saturated heterocycles. The number of nitrogens with one attached hydrogen (secondary N) is 1. The average Bonchev–Trinajstić information content (AvgIpc) is 3.09. The predicted molar refractivity (Wildman–Crippen MR) is 79.4 cm³/mol. The van der Waals surface area contributed by atoms with Crippen molar-refractivity contribution in [1.82, 2.24) is 10.3 Å². The first-order valence-electron chi connectivity index (χ1n) is 6.06. The molecule has 0 aliphatic heterocycles. The number of nitrogens with zero attached hydrogens (tertiary/aromatic N) is 1. The molecule has 3 nitrogen and oxygen atoms in total. The first-order chi connectivity index (χ1) is 9.31. The van der Waals surface area contributed by atoms with Crippen LogP contribution in [0.25, 0.3) is 10.6 Å². The Labute approximate surface area is 119 Å². The maximum atomic E-state index is 5.60. The van der Waals surface area contributed by atoms with E-state index in [1.807, 2.05) is 25.3 Å². The van der Waals surface area contributed by atoms with Crippen molar-refractivity contribution in [3.8, 4) is 10.6 Å². The van der Waals surface area contributed by atoms with E-state index in [9.17, 15) is 0 Å². The summed E-state index contributed by atoms with van der Waals surface area (Å²) in [6, 6.07) is 8.18. The van der Waals surface area contributed by atoms with Crippen molar-refractivity contribution in [2.45, 2.75) is 20.0 Å². The number of thiophene rings is 1. The zero-order valence-electron chi connectivity index (χ0n) is 10.6. The van der Waals surface area contributed by atoms with Crippen molar-refractivity contribution in [2.75, 3.05) is 0 Å². The summed E-state index contributed by atoms with van der Waals surface area (Å²) >= 11 is 3.44. The van der Waals surface area contributed by atoms with Crippen molar-refractivity contribution in [1.29, 1.82) is 0 Å². The Hall–Kier alpha value is -1.43. The third-order valence-electron chi connectivity index (χ3n) is 2.69. The number of hydrogen-bond donors (Lipinski definition) is 1. The number of thiazole rings is 1. The summed E-state index contributed by atoms with van der Waals surface area (Å²) in [5, 5.41) is 6.58. The van der Waals surface area contributed by atoms with Crippen LogP contribution in [0, 0.1) is 6.92 Å². The Morgan fingerprint density at radius 3 is 2.95 bits per heavy atom. The minimum absolute atomic E-state index is 0.794. The lowest BCUT2D eigenvalue weighted by Gasteiger charge is -1.98. The van der Waals surface area contributed by atoms with Crippen molar-refractivity contribution in [2.24, 2.45) is 0 Å². The van der Waals surface area contributed by atoms with E-state index in [2.05, 4.69) is 27.8 Å². The second kappa shape index (κ2) is 5.69. The Bertz CT molecular complexity index is 640. The van der Waals surface area contributed by atoms with Crippen molar-refractivity contribution in [3.63, 3.8) is 0 Å². The lowest BCUT2D eigenvalue weighted by atomic mass is 10.4. The average molecular weight is 290 g/mol. The summed E-state index contributed by atoms with van der Waals surface area (Å²) in [6.45, 7) is 3.64. The fourth-order valence-electron chi connectivity index (χ4n) is 1.78. The van der Waals surface area contributed by atoms with E-state index >= 15 is 0 Å². The van der Waals surface area contributed by atoms with Gasteiger partial charge in [0.15, 0.2) is 0 Å². The van der Waals surface area contributed by atoms with Crippen LogP contribution in [0.2, 0.25) is 0 Å². The van der Waals surface area contributed by atoms with Gasteiger partial charge in [0.1, 0.15) is 16.5 Å². The Balaban J connectivity index is 1.59. The van der Waals surface area contributed by atoms with Crippen LogP contribution >= 0.6 is 22.7 Å². The number of furan rings is 1. The highest BCUT2D eigenvalue weighted by Crippen LogP contribution is 2.27. The van der Waals surface area contributed by atoms with Gasteiger partial charge >= 0.3 is 0 Å². The zero-order chi connectivity index (χ0) is 13.1. The van der Waals surface area contributed by atoms with Gasteiger partial charge in [-0.25, -0.2) is 4.98 Å². The van der Waals surface area contributed by atoms with Gasteiger partial charge in [0.2, 0.25) is 0 Å². The lowest BCUT2D eigenvalue weighted by Crippen LogP contribution is -2.11. The summed E-state index contributed by atoms with van der Waals surface area (Å²) in [6.07, 6.45) is 1.88. The smallest absolute Gasteiger partial charge is 0.145 e. The molecule has 0 fully saturated rings. The summed E-state index contributed by atoms with van der Waals surface area (Å²) < 4.78 is 5.60. The van der Waals surface area contributed by atoms with Crippen LogP contribution in [0.3, 0.4) is 0 Å². The molecule has 3 aromatic heterocycles. The van der Waals surface area contributed by atoms with E-state index in [-0.39, 0.29) is 0 Å². The lowest BCUT2D eigenvalue weighted by molar-refractivity contribution is 0.549. The van der Waals surface area contributed by atoms with Crippen molar-refractivity contribution in [3.05, 3.63) is 51.5 Å². The van der Waals surface area contributed by atoms with Gasteiger partial charge in [-0.3, -0.25) is 0 Å². The van der Waals surface area contributed by atoms with Crippen LogP contribution in [-0.2, 0) is 13.1 Å². The number of aromatic nitrogens is 1. The maximum Gasteiger partial charge on any atom is 0.145 e. The fourth-order valence-corrected chi connectivity index (χ4v) is 3.30. The Morgan fingerprint density at radius 2 is 2.21 bits per heavy atom. The van der Waals surface area contributed by atoms with Crippen LogP contribution in [0.5, 0.6) is 0 Å². The van der Waals surface area contributed by atoms with Gasteiger partial charge in [-0.05, 0) is 30.5 Å². The molecule has 0 aliphatic carbocycles. The number of rotatable bonds is 5. The minimum Gasteiger partial charge on any atom is -0.460 e. The first kappa shape index (κ1) is 12.6. The molecule has 1 N–H and O–H groups in total. The molecule has 0 bridgehead atoms. The van der Waals surface area contributed by atoms with E-state index in [1.165, 1.54) is 4.88 Å². The topological polar surface area (TPSA) is 38.1 Å². The quantitative estimate of drug-likeness (QED) is 0.770. The van der Waals surface area contributed by atoms with Crippen molar-refractivity contribution >= 4 is 22.7 Å². The first-order valence-corrected chi connectivity index (χ1v) is 7.75. The molecule has 98 valence electrons. The van der Waals surface area contributed by atoms with Crippen LogP contribution in [0.4, 0.5) is 0 Å². The standard InChI is InChI=1S/C14H14N2OS2/c1-10-4-5-12(17-10)13-8-16-14(19-13)9-15-7-11-3-2-6-18-11/h2-6,8,15H,7,9H2,1H3.